The molecule has 1 aromatic rings. The molecule has 0 amide bonds. The quantitative estimate of drug-likeness (QED) is 0.598. The highest BCUT2D eigenvalue weighted by Crippen LogP contribution is 2.22. The summed E-state index contributed by atoms with van der Waals surface area (Å²) in [4.78, 5) is 18.8. The van der Waals surface area contributed by atoms with Gasteiger partial charge in [-0.05, 0) is 75.9 Å². The lowest BCUT2D eigenvalue weighted by molar-refractivity contribution is -0.118. The molecule has 0 N–H and O–H groups in total. The fourth-order valence-electron chi connectivity index (χ4n) is 4.54. The molecule has 0 radical (unpaired) electrons. The zero-order chi connectivity index (χ0) is 19.1. The van der Waals surface area contributed by atoms with Gasteiger partial charge in [-0.3, -0.25) is 14.6 Å². The number of anilines is 1. The van der Waals surface area contributed by atoms with E-state index in [4.69, 9.17) is 0 Å². The van der Waals surface area contributed by atoms with Crippen LogP contribution in [0.25, 0.3) is 0 Å². The van der Waals surface area contributed by atoms with Crippen LogP contribution in [0.2, 0.25) is 0 Å². The van der Waals surface area contributed by atoms with Crippen LogP contribution in [0.5, 0.6) is 0 Å². The molecular formula is C23H39Cl2N3O. The highest BCUT2D eigenvalue weighted by Gasteiger charge is 2.22. The molecule has 0 unspecified atom stereocenters. The molecule has 2 aliphatic rings. The Morgan fingerprint density at radius 2 is 1.69 bits per heavy atom. The molecule has 0 atom stereocenters. The summed E-state index contributed by atoms with van der Waals surface area (Å²) in [6, 6.07) is 9.12. The third-order valence-electron chi connectivity index (χ3n) is 6.19. The molecule has 0 aliphatic carbocycles. The molecule has 0 bridgehead atoms. The van der Waals surface area contributed by atoms with Gasteiger partial charge in [0.15, 0.2) is 0 Å². The van der Waals surface area contributed by atoms with E-state index in [1.807, 2.05) is 0 Å². The number of halogens is 2. The van der Waals surface area contributed by atoms with Crippen LogP contribution in [0, 0.1) is 5.92 Å². The minimum Gasteiger partial charge on any atom is -0.369 e. The zero-order valence-electron chi connectivity index (χ0n) is 18.1. The predicted octanol–water partition coefficient (Wildman–Crippen LogP) is 4.30. The van der Waals surface area contributed by atoms with Crippen molar-refractivity contribution in [2.24, 2.45) is 5.92 Å². The molecule has 6 heteroatoms. The molecule has 3 rings (SSSR count). The monoisotopic (exact) mass is 443 g/mol. The number of hydrogen-bond acceptors (Lipinski definition) is 4. The Hall–Kier alpha value is -0.810. The molecule has 2 aliphatic heterocycles. The maximum Gasteiger partial charge on any atom is 0.143 e. The number of carbonyl (C=O) groups excluding carboxylic acids is 1. The Bertz CT molecular complexity index is 598. The van der Waals surface area contributed by atoms with Crippen LogP contribution < -0.4 is 4.90 Å². The van der Waals surface area contributed by atoms with E-state index in [0.717, 1.165) is 32.1 Å². The highest BCUT2D eigenvalue weighted by molar-refractivity contribution is 5.85. The Morgan fingerprint density at radius 3 is 2.31 bits per heavy atom. The van der Waals surface area contributed by atoms with Crippen molar-refractivity contribution in [1.29, 1.82) is 0 Å². The maximum atomic E-state index is 11.3. The standard InChI is InChI=1S/C23H37N3O.2ClH/c1-3-5-22-6-4-7-23(18-22)26-16-14-24(15-17-26)11-8-21-9-12-25(13-10-21)19-20(2)27;;/h4,6-7,18,21H,3,5,8-17,19H2,1-2H3;2*1H. The third-order valence-corrected chi connectivity index (χ3v) is 6.19. The van der Waals surface area contributed by atoms with Gasteiger partial charge in [-0.2, -0.15) is 0 Å². The lowest BCUT2D eigenvalue weighted by Crippen LogP contribution is -2.47. The number of ketones is 1. The molecule has 0 saturated carbocycles. The highest BCUT2D eigenvalue weighted by atomic mass is 35.5. The van der Waals surface area contributed by atoms with E-state index >= 15 is 0 Å². The summed E-state index contributed by atoms with van der Waals surface area (Å²) < 4.78 is 0. The summed E-state index contributed by atoms with van der Waals surface area (Å²) in [6.07, 6.45) is 6.23. The number of likely N-dealkylation sites (tertiary alicyclic amines) is 1. The summed E-state index contributed by atoms with van der Waals surface area (Å²) in [6.45, 7) is 12.7. The number of aryl methyl sites for hydroxylation is 1. The van der Waals surface area contributed by atoms with Gasteiger partial charge in [0.2, 0.25) is 0 Å². The van der Waals surface area contributed by atoms with E-state index in [9.17, 15) is 4.79 Å². The molecule has 0 spiro atoms. The fourth-order valence-corrected chi connectivity index (χ4v) is 4.54. The molecular weight excluding hydrogens is 405 g/mol. The van der Waals surface area contributed by atoms with Crippen molar-refractivity contribution in [3.63, 3.8) is 0 Å². The number of hydrogen-bond donors (Lipinski definition) is 0. The second-order valence-corrected chi connectivity index (χ2v) is 8.46. The van der Waals surface area contributed by atoms with Crippen molar-refractivity contribution in [2.45, 2.75) is 46.0 Å². The van der Waals surface area contributed by atoms with Gasteiger partial charge in [0, 0.05) is 31.9 Å². The van der Waals surface area contributed by atoms with Gasteiger partial charge in [-0.1, -0.05) is 25.5 Å². The average Bonchev–Trinajstić information content (AvgIpc) is 2.68. The number of rotatable bonds is 8. The first kappa shape index (κ1) is 26.2. The van der Waals surface area contributed by atoms with Gasteiger partial charge in [0.1, 0.15) is 5.78 Å². The first-order valence-electron chi connectivity index (χ1n) is 10.9. The minimum atomic E-state index is 0. The van der Waals surface area contributed by atoms with Crippen molar-refractivity contribution in [3.8, 4) is 0 Å². The third kappa shape index (κ3) is 8.45. The molecule has 166 valence electrons. The lowest BCUT2D eigenvalue weighted by Gasteiger charge is -2.37. The van der Waals surface area contributed by atoms with Crippen LogP contribution in [-0.2, 0) is 11.2 Å². The van der Waals surface area contributed by atoms with E-state index in [0.29, 0.717) is 12.3 Å². The molecule has 2 fully saturated rings. The lowest BCUT2D eigenvalue weighted by atomic mass is 9.93. The topological polar surface area (TPSA) is 26.8 Å². The number of Topliss-reactive ketones (excluding diaryl/α,β-unsaturated/α-hetero) is 1. The van der Waals surface area contributed by atoms with Gasteiger partial charge >= 0.3 is 0 Å². The Kier molecular flexibility index (Phi) is 12.2. The molecule has 29 heavy (non-hydrogen) atoms. The van der Waals surface area contributed by atoms with Gasteiger partial charge < -0.3 is 4.90 Å². The summed E-state index contributed by atoms with van der Waals surface area (Å²) >= 11 is 0. The Balaban J connectivity index is 0.00000210. The van der Waals surface area contributed by atoms with Crippen molar-refractivity contribution < 1.29 is 4.79 Å². The van der Waals surface area contributed by atoms with Crippen LogP contribution in [0.3, 0.4) is 0 Å². The van der Waals surface area contributed by atoms with Crippen molar-refractivity contribution in [3.05, 3.63) is 29.8 Å². The van der Waals surface area contributed by atoms with Crippen LogP contribution in [-0.4, -0.2) is 67.9 Å². The SMILES string of the molecule is CCCc1cccc(N2CCN(CCC3CCN(CC(C)=O)CC3)CC2)c1.Cl.Cl. The van der Waals surface area contributed by atoms with Crippen LogP contribution >= 0.6 is 24.8 Å². The molecule has 0 aromatic heterocycles. The first-order chi connectivity index (χ1) is 13.1. The van der Waals surface area contributed by atoms with E-state index < -0.39 is 0 Å². The Morgan fingerprint density at radius 1 is 1.00 bits per heavy atom. The number of carbonyl (C=O) groups is 1. The number of nitrogens with zero attached hydrogens (tertiary/aromatic N) is 3. The summed E-state index contributed by atoms with van der Waals surface area (Å²) in [7, 11) is 0. The zero-order valence-corrected chi connectivity index (χ0v) is 19.8. The van der Waals surface area contributed by atoms with E-state index in [2.05, 4.69) is 45.9 Å². The van der Waals surface area contributed by atoms with Gasteiger partial charge in [-0.25, -0.2) is 0 Å². The first-order valence-corrected chi connectivity index (χ1v) is 10.9. The van der Waals surface area contributed by atoms with Crippen molar-refractivity contribution in [2.75, 3.05) is 57.3 Å². The largest absolute Gasteiger partial charge is 0.369 e. The van der Waals surface area contributed by atoms with Gasteiger partial charge in [0.05, 0.1) is 6.54 Å². The summed E-state index contributed by atoms with van der Waals surface area (Å²) in [5.74, 6) is 1.14. The number of benzene rings is 1. The minimum absolute atomic E-state index is 0. The molecule has 2 saturated heterocycles. The number of piperidine rings is 1. The Labute approximate surface area is 189 Å². The molecule has 2 heterocycles. The fraction of sp³-hybridized carbons (Fsp3) is 0.696. The van der Waals surface area contributed by atoms with E-state index in [1.54, 1.807) is 6.92 Å². The van der Waals surface area contributed by atoms with Crippen molar-refractivity contribution in [1.82, 2.24) is 9.80 Å². The summed E-state index contributed by atoms with van der Waals surface area (Å²) in [5, 5.41) is 0. The normalized spacial score (nSPS) is 18.8. The van der Waals surface area contributed by atoms with E-state index in [1.165, 1.54) is 63.0 Å². The molecule has 4 nitrogen and oxygen atoms in total. The van der Waals surface area contributed by atoms with Crippen LogP contribution in [0.15, 0.2) is 24.3 Å². The van der Waals surface area contributed by atoms with Crippen molar-refractivity contribution >= 4 is 36.3 Å². The summed E-state index contributed by atoms with van der Waals surface area (Å²) in [5.41, 5.74) is 2.87. The second-order valence-electron chi connectivity index (χ2n) is 8.46. The average molecular weight is 444 g/mol. The van der Waals surface area contributed by atoms with Crippen LogP contribution in [0.1, 0.15) is 45.1 Å². The van der Waals surface area contributed by atoms with Gasteiger partial charge in [0.25, 0.3) is 0 Å². The maximum absolute atomic E-state index is 11.3. The smallest absolute Gasteiger partial charge is 0.143 e. The number of piperazine rings is 1. The second kappa shape index (κ2) is 13.5. The van der Waals surface area contributed by atoms with Gasteiger partial charge in [-0.15, -0.1) is 24.8 Å². The van der Waals surface area contributed by atoms with E-state index in [-0.39, 0.29) is 24.8 Å². The predicted molar refractivity (Wildman–Crippen MR) is 128 cm³/mol. The van der Waals surface area contributed by atoms with Crippen LogP contribution in [0.4, 0.5) is 5.69 Å². The molecule has 1 aromatic carbocycles.